The van der Waals surface area contributed by atoms with Crippen LogP contribution in [0.3, 0.4) is 0 Å². The molecule has 0 saturated carbocycles. The van der Waals surface area contributed by atoms with E-state index in [2.05, 4.69) is 27.2 Å². The summed E-state index contributed by atoms with van der Waals surface area (Å²) in [6, 6.07) is 1.56. The van der Waals surface area contributed by atoms with Gasteiger partial charge in [0, 0.05) is 17.7 Å². The van der Waals surface area contributed by atoms with Gasteiger partial charge in [0.15, 0.2) is 0 Å². The fourth-order valence-electron chi connectivity index (χ4n) is 1.24. The number of carbonyl (C=O) groups excluding carboxylic acids is 1. The van der Waals surface area contributed by atoms with Crippen LogP contribution in [0.5, 0.6) is 0 Å². The van der Waals surface area contributed by atoms with Gasteiger partial charge in [-0.05, 0) is 28.4 Å². The van der Waals surface area contributed by atoms with Gasteiger partial charge in [-0.2, -0.15) is 0 Å². The van der Waals surface area contributed by atoms with Crippen LogP contribution in [0.4, 0.5) is 0 Å². The molecule has 0 fully saturated rings. The van der Waals surface area contributed by atoms with Gasteiger partial charge in [0.25, 0.3) is 5.91 Å². The number of nitrogens with zero attached hydrogens (tertiary/aromatic N) is 1. The Balaban J connectivity index is 2.78. The molecule has 0 aliphatic heterocycles. The van der Waals surface area contributed by atoms with Crippen molar-refractivity contribution in [2.75, 3.05) is 0 Å². The van der Waals surface area contributed by atoms with Crippen molar-refractivity contribution < 1.29 is 4.79 Å². The first-order valence-electron chi connectivity index (χ1n) is 4.67. The van der Waals surface area contributed by atoms with E-state index in [4.69, 9.17) is 6.42 Å². The molecule has 1 amide bonds. The van der Waals surface area contributed by atoms with Gasteiger partial charge in [0.2, 0.25) is 0 Å². The normalized spacial score (nSPS) is 11.9. The van der Waals surface area contributed by atoms with Crippen molar-refractivity contribution in [2.24, 2.45) is 7.05 Å². The van der Waals surface area contributed by atoms with Crippen LogP contribution in [0.25, 0.3) is 0 Å². The highest BCUT2D eigenvalue weighted by atomic mass is 79.9. The summed E-state index contributed by atoms with van der Waals surface area (Å²) >= 11 is 3.31. The number of aryl methyl sites for hydroxylation is 1. The second-order valence-electron chi connectivity index (χ2n) is 3.26. The predicted octanol–water partition coefficient (Wildman–Crippen LogP) is 1.93. The summed E-state index contributed by atoms with van der Waals surface area (Å²) in [5.74, 6) is 2.38. The molecule has 0 spiro atoms. The van der Waals surface area contributed by atoms with E-state index >= 15 is 0 Å². The lowest BCUT2D eigenvalue weighted by Gasteiger charge is -2.10. The Morgan fingerprint density at radius 2 is 2.47 bits per heavy atom. The highest BCUT2D eigenvalue weighted by Crippen LogP contribution is 2.13. The Kier molecular flexibility index (Phi) is 3.98. The minimum absolute atomic E-state index is 0.145. The molecule has 0 aromatic carbocycles. The average molecular weight is 269 g/mol. The smallest absolute Gasteiger partial charge is 0.268 e. The fourth-order valence-corrected chi connectivity index (χ4v) is 1.77. The topological polar surface area (TPSA) is 34.0 Å². The van der Waals surface area contributed by atoms with Crippen LogP contribution in [-0.4, -0.2) is 16.5 Å². The maximum absolute atomic E-state index is 11.8. The molecule has 1 unspecified atom stereocenters. The first-order chi connectivity index (χ1) is 7.08. The molecular formula is C11H13BrN2O. The summed E-state index contributed by atoms with van der Waals surface area (Å²) < 4.78 is 2.63. The third-order valence-corrected chi connectivity index (χ3v) is 2.55. The molecule has 0 bridgehead atoms. The van der Waals surface area contributed by atoms with Gasteiger partial charge in [-0.25, -0.2) is 0 Å². The van der Waals surface area contributed by atoms with E-state index in [1.807, 2.05) is 20.2 Å². The lowest BCUT2D eigenvalue weighted by Crippen LogP contribution is -2.34. The van der Waals surface area contributed by atoms with E-state index in [0.717, 1.165) is 10.9 Å². The van der Waals surface area contributed by atoms with E-state index in [1.165, 1.54) is 0 Å². The number of aromatic nitrogens is 1. The van der Waals surface area contributed by atoms with Gasteiger partial charge in [0.05, 0.1) is 6.04 Å². The number of carbonyl (C=O) groups is 1. The molecule has 15 heavy (non-hydrogen) atoms. The maximum atomic E-state index is 11.8. The van der Waals surface area contributed by atoms with Gasteiger partial charge in [0.1, 0.15) is 5.69 Å². The number of halogens is 1. The zero-order valence-electron chi connectivity index (χ0n) is 8.75. The van der Waals surface area contributed by atoms with Crippen LogP contribution in [0.15, 0.2) is 16.7 Å². The molecule has 4 heteroatoms. The predicted molar refractivity (Wildman–Crippen MR) is 63.5 cm³/mol. The number of hydrogen-bond donors (Lipinski definition) is 1. The highest BCUT2D eigenvalue weighted by molar-refractivity contribution is 9.10. The summed E-state index contributed by atoms with van der Waals surface area (Å²) in [5.41, 5.74) is 0.593. The van der Waals surface area contributed by atoms with Gasteiger partial charge in [-0.15, -0.1) is 6.42 Å². The molecule has 0 aliphatic rings. The third kappa shape index (κ3) is 2.87. The summed E-state index contributed by atoms with van der Waals surface area (Å²) in [4.78, 5) is 11.8. The molecule has 0 saturated heterocycles. The number of hydrogen-bond acceptors (Lipinski definition) is 1. The third-order valence-electron chi connectivity index (χ3n) is 2.12. The van der Waals surface area contributed by atoms with Crippen LogP contribution in [0.1, 0.15) is 23.8 Å². The standard InChI is InChI=1S/C11H13BrN2O/c1-4-9(5-2)13-11(15)10-6-8(12)7-14(10)3/h1,6-7,9H,5H2,2-3H3,(H,13,15). The van der Waals surface area contributed by atoms with Crippen molar-refractivity contribution in [1.82, 2.24) is 9.88 Å². The van der Waals surface area contributed by atoms with Crippen LogP contribution in [-0.2, 0) is 7.05 Å². The maximum Gasteiger partial charge on any atom is 0.268 e. The quantitative estimate of drug-likeness (QED) is 0.836. The van der Waals surface area contributed by atoms with Gasteiger partial charge in [-0.3, -0.25) is 4.79 Å². The van der Waals surface area contributed by atoms with Gasteiger partial charge in [-0.1, -0.05) is 12.8 Å². The van der Waals surface area contributed by atoms with Crippen molar-refractivity contribution in [1.29, 1.82) is 0 Å². The molecule has 1 rings (SSSR count). The second-order valence-corrected chi connectivity index (χ2v) is 4.17. The van der Waals surface area contributed by atoms with Crippen molar-refractivity contribution in [3.8, 4) is 12.3 Å². The molecule has 1 atom stereocenters. The van der Waals surface area contributed by atoms with Crippen molar-refractivity contribution >= 4 is 21.8 Å². The minimum Gasteiger partial charge on any atom is -0.345 e. The van der Waals surface area contributed by atoms with Gasteiger partial charge < -0.3 is 9.88 Å². The molecular weight excluding hydrogens is 256 g/mol. The lowest BCUT2D eigenvalue weighted by atomic mass is 10.2. The molecule has 1 heterocycles. The molecule has 1 aromatic heterocycles. The Hall–Kier alpha value is -1.21. The zero-order chi connectivity index (χ0) is 11.4. The number of amides is 1. The molecule has 1 aromatic rings. The van der Waals surface area contributed by atoms with E-state index in [1.54, 1.807) is 10.6 Å². The summed E-state index contributed by atoms with van der Waals surface area (Å²) in [5, 5.41) is 2.77. The summed E-state index contributed by atoms with van der Waals surface area (Å²) in [6.45, 7) is 1.94. The Labute approximate surface area is 98.0 Å². The van der Waals surface area contributed by atoms with E-state index in [0.29, 0.717) is 5.69 Å². The summed E-state index contributed by atoms with van der Waals surface area (Å²) in [7, 11) is 1.82. The van der Waals surface area contributed by atoms with Crippen molar-refractivity contribution in [3.63, 3.8) is 0 Å². The Morgan fingerprint density at radius 3 is 2.87 bits per heavy atom. The largest absolute Gasteiger partial charge is 0.345 e. The minimum atomic E-state index is -0.203. The fraction of sp³-hybridized carbons (Fsp3) is 0.364. The Morgan fingerprint density at radius 1 is 1.80 bits per heavy atom. The number of terminal acetylenes is 1. The molecule has 0 radical (unpaired) electrons. The Bertz CT molecular complexity index is 403. The first kappa shape index (κ1) is 11.9. The molecule has 0 aliphatic carbocycles. The monoisotopic (exact) mass is 268 g/mol. The van der Waals surface area contributed by atoms with Crippen LogP contribution in [0, 0.1) is 12.3 Å². The van der Waals surface area contributed by atoms with Crippen molar-refractivity contribution in [3.05, 3.63) is 22.4 Å². The van der Waals surface area contributed by atoms with Crippen LogP contribution < -0.4 is 5.32 Å². The van der Waals surface area contributed by atoms with Crippen molar-refractivity contribution in [2.45, 2.75) is 19.4 Å². The lowest BCUT2D eigenvalue weighted by molar-refractivity contribution is 0.0937. The highest BCUT2D eigenvalue weighted by Gasteiger charge is 2.13. The number of rotatable bonds is 3. The van der Waals surface area contributed by atoms with E-state index in [-0.39, 0.29) is 11.9 Å². The first-order valence-corrected chi connectivity index (χ1v) is 5.46. The summed E-state index contributed by atoms with van der Waals surface area (Å²) in [6.07, 6.45) is 7.83. The molecule has 3 nitrogen and oxygen atoms in total. The second kappa shape index (κ2) is 5.04. The van der Waals surface area contributed by atoms with E-state index in [9.17, 15) is 4.79 Å². The molecule has 1 N–H and O–H groups in total. The van der Waals surface area contributed by atoms with Gasteiger partial charge >= 0.3 is 0 Å². The van der Waals surface area contributed by atoms with E-state index < -0.39 is 0 Å². The zero-order valence-corrected chi connectivity index (χ0v) is 10.3. The SMILES string of the molecule is C#CC(CC)NC(=O)c1cc(Br)cn1C. The number of nitrogens with one attached hydrogen (secondary N) is 1. The molecule has 80 valence electrons. The van der Waals surface area contributed by atoms with Crippen LogP contribution >= 0.6 is 15.9 Å². The van der Waals surface area contributed by atoms with Crippen LogP contribution in [0.2, 0.25) is 0 Å². The average Bonchev–Trinajstić information content (AvgIpc) is 2.54.